The maximum Gasteiger partial charge on any atom is 0.324 e. The van der Waals surface area contributed by atoms with E-state index in [-0.39, 0.29) is 0 Å². The Labute approximate surface area is 107 Å². The van der Waals surface area contributed by atoms with Gasteiger partial charge in [0.1, 0.15) is 0 Å². The Morgan fingerprint density at radius 2 is 2.11 bits per heavy atom. The minimum absolute atomic E-state index is 0.453. The van der Waals surface area contributed by atoms with Crippen LogP contribution in [0.2, 0.25) is 0 Å². The van der Waals surface area contributed by atoms with Crippen LogP contribution >= 0.6 is 0 Å². The summed E-state index contributed by atoms with van der Waals surface area (Å²) in [4.78, 5) is 18.9. The Morgan fingerprint density at radius 3 is 2.63 bits per heavy atom. The number of para-hydroxylation sites is 1. The highest BCUT2D eigenvalue weighted by molar-refractivity contribution is 7.89. The van der Waals surface area contributed by atoms with Crippen molar-refractivity contribution in [3.63, 3.8) is 0 Å². The van der Waals surface area contributed by atoms with Crippen LogP contribution in [0, 0.1) is 15.9 Å². The third-order valence-electron chi connectivity index (χ3n) is 2.05. The molecule has 0 amide bonds. The quantitative estimate of drug-likeness (QED) is 0.580. The molecule has 104 valence electrons. The Morgan fingerprint density at radius 1 is 1.47 bits per heavy atom. The van der Waals surface area contributed by atoms with Gasteiger partial charge in [0.05, 0.1) is 11.3 Å². The molecule has 19 heavy (non-hydrogen) atoms. The normalized spacial score (nSPS) is 11.2. The SMILES string of the molecule is O=C(O)CCNS(=O)(=O)c1cccc(F)c1[N+](=O)[O-]. The van der Waals surface area contributed by atoms with Gasteiger partial charge in [0.25, 0.3) is 0 Å². The van der Waals surface area contributed by atoms with Crippen molar-refractivity contribution in [1.29, 1.82) is 0 Å². The van der Waals surface area contributed by atoms with Crippen LogP contribution in [0.25, 0.3) is 0 Å². The number of carboxylic acids is 1. The van der Waals surface area contributed by atoms with Crippen molar-refractivity contribution in [3.8, 4) is 0 Å². The zero-order valence-corrected chi connectivity index (χ0v) is 10.2. The fourth-order valence-electron chi connectivity index (χ4n) is 1.26. The molecular formula is C9H9FN2O6S. The molecule has 0 unspecified atom stereocenters. The summed E-state index contributed by atoms with van der Waals surface area (Å²) in [5, 5.41) is 19.0. The summed E-state index contributed by atoms with van der Waals surface area (Å²) in [6.07, 6.45) is -0.498. The number of sulfonamides is 1. The van der Waals surface area contributed by atoms with E-state index in [0.29, 0.717) is 0 Å². The van der Waals surface area contributed by atoms with Gasteiger partial charge in [-0.05, 0) is 12.1 Å². The second-order valence-corrected chi connectivity index (χ2v) is 5.12. The predicted molar refractivity (Wildman–Crippen MR) is 60.5 cm³/mol. The fourth-order valence-corrected chi connectivity index (χ4v) is 2.47. The molecule has 0 spiro atoms. The van der Waals surface area contributed by atoms with Crippen LogP contribution in [0.15, 0.2) is 23.1 Å². The third-order valence-corrected chi connectivity index (χ3v) is 3.55. The summed E-state index contributed by atoms with van der Waals surface area (Å²) in [6, 6.07) is 2.63. The highest BCUT2D eigenvalue weighted by atomic mass is 32.2. The Kier molecular flexibility index (Phi) is 4.51. The van der Waals surface area contributed by atoms with E-state index in [1.165, 1.54) is 0 Å². The smallest absolute Gasteiger partial charge is 0.324 e. The number of carboxylic acid groups (broad SMARTS) is 1. The van der Waals surface area contributed by atoms with Crippen molar-refractivity contribution in [2.24, 2.45) is 0 Å². The molecular weight excluding hydrogens is 283 g/mol. The molecule has 0 aliphatic heterocycles. The lowest BCUT2D eigenvalue weighted by atomic mass is 10.3. The Hall–Kier alpha value is -2.07. The van der Waals surface area contributed by atoms with Crippen molar-refractivity contribution in [2.75, 3.05) is 6.54 Å². The second-order valence-electron chi connectivity index (χ2n) is 3.39. The van der Waals surface area contributed by atoms with Gasteiger partial charge in [-0.25, -0.2) is 13.1 Å². The lowest BCUT2D eigenvalue weighted by molar-refractivity contribution is -0.390. The fraction of sp³-hybridized carbons (Fsp3) is 0.222. The van der Waals surface area contributed by atoms with Gasteiger partial charge < -0.3 is 5.11 Å². The van der Waals surface area contributed by atoms with E-state index >= 15 is 0 Å². The number of rotatable bonds is 6. The third kappa shape index (κ3) is 3.69. The number of halogens is 1. The summed E-state index contributed by atoms with van der Waals surface area (Å²) in [7, 11) is -4.35. The van der Waals surface area contributed by atoms with Crippen molar-refractivity contribution in [1.82, 2.24) is 4.72 Å². The van der Waals surface area contributed by atoms with Crippen LogP contribution < -0.4 is 4.72 Å². The molecule has 0 saturated heterocycles. The first-order chi connectivity index (χ1) is 8.75. The highest BCUT2D eigenvalue weighted by Crippen LogP contribution is 2.26. The molecule has 1 aromatic rings. The summed E-state index contributed by atoms with van der Waals surface area (Å²) >= 11 is 0. The van der Waals surface area contributed by atoms with E-state index in [9.17, 15) is 27.7 Å². The van der Waals surface area contributed by atoms with E-state index in [1.54, 1.807) is 0 Å². The number of nitro groups is 1. The Balaban J connectivity index is 3.11. The molecule has 0 saturated carbocycles. The molecule has 0 aliphatic rings. The Bertz CT molecular complexity index is 615. The molecule has 0 aromatic heterocycles. The van der Waals surface area contributed by atoms with Crippen LogP contribution in [0.3, 0.4) is 0 Å². The van der Waals surface area contributed by atoms with E-state index in [4.69, 9.17) is 5.11 Å². The lowest BCUT2D eigenvalue weighted by Gasteiger charge is -2.06. The number of benzene rings is 1. The zero-order valence-electron chi connectivity index (χ0n) is 9.37. The van der Waals surface area contributed by atoms with Crippen molar-refractivity contribution >= 4 is 21.7 Å². The van der Waals surface area contributed by atoms with E-state index in [1.807, 2.05) is 4.72 Å². The maximum atomic E-state index is 13.3. The van der Waals surface area contributed by atoms with Gasteiger partial charge in [0.2, 0.25) is 15.8 Å². The van der Waals surface area contributed by atoms with E-state index in [0.717, 1.165) is 18.2 Å². The van der Waals surface area contributed by atoms with Gasteiger partial charge in [0, 0.05) is 6.54 Å². The topological polar surface area (TPSA) is 127 Å². The molecule has 0 atom stereocenters. The standard InChI is InChI=1S/C9H9FN2O6S/c10-6-2-1-3-7(9(6)12(15)16)19(17,18)11-5-4-8(13)14/h1-3,11H,4-5H2,(H,13,14). The van der Waals surface area contributed by atoms with Crippen molar-refractivity contribution in [3.05, 3.63) is 34.1 Å². The largest absolute Gasteiger partial charge is 0.481 e. The number of carbonyl (C=O) groups is 1. The van der Waals surface area contributed by atoms with Crippen molar-refractivity contribution < 1.29 is 27.6 Å². The summed E-state index contributed by atoms with van der Waals surface area (Å²) < 4.78 is 38.5. The minimum Gasteiger partial charge on any atom is -0.481 e. The number of nitro benzene ring substituents is 1. The summed E-state index contributed by atoms with van der Waals surface area (Å²) in [5.74, 6) is -2.53. The number of hydrogen-bond donors (Lipinski definition) is 2. The summed E-state index contributed by atoms with van der Waals surface area (Å²) in [5.41, 5.74) is -1.18. The molecule has 0 heterocycles. The number of nitrogens with one attached hydrogen (secondary N) is 1. The van der Waals surface area contributed by atoms with Crippen LogP contribution in [0.4, 0.5) is 10.1 Å². The molecule has 0 bridgehead atoms. The van der Waals surface area contributed by atoms with Crippen LogP contribution in [0.1, 0.15) is 6.42 Å². The van der Waals surface area contributed by atoms with Crippen LogP contribution in [-0.2, 0) is 14.8 Å². The lowest BCUT2D eigenvalue weighted by Crippen LogP contribution is -2.27. The van der Waals surface area contributed by atoms with Crippen molar-refractivity contribution in [2.45, 2.75) is 11.3 Å². The molecule has 0 radical (unpaired) electrons. The molecule has 0 fully saturated rings. The van der Waals surface area contributed by atoms with Gasteiger partial charge in [-0.3, -0.25) is 14.9 Å². The molecule has 1 aromatic carbocycles. The molecule has 0 aliphatic carbocycles. The van der Waals surface area contributed by atoms with Gasteiger partial charge in [-0.15, -0.1) is 0 Å². The number of hydrogen-bond acceptors (Lipinski definition) is 5. The first-order valence-corrected chi connectivity index (χ1v) is 6.38. The molecule has 2 N–H and O–H groups in total. The van der Waals surface area contributed by atoms with Gasteiger partial charge in [0.15, 0.2) is 4.90 Å². The van der Waals surface area contributed by atoms with E-state index < -0.39 is 50.3 Å². The van der Waals surface area contributed by atoms with Gasteiger partial charge >= 0.3 is 11.7 Å². The van der Waals surface area contributed by atoms with Gasteiger partial charge in [-0.1, -0.05) is 6.07 Å². The van der Waals surface area contributed by atoms with E-state index in [2.05, 4.69) is 0 Å². The van der Waals surface area contributed by atoms with Gasteiger partial charge in [-0.2, -0.15) is 4.39 Å². The highest BCUT2D eigenvalue weighted by Gasteiger charge is 2.29. The van der Waals surface area contributed by atoms with Crippen LogP contribution in [-0.4, -0.2) is 31.0 Å². The molecule has 1 rings (SSSR count). The summed E-state index contributed by atoms with van der Waals surface area (Å²) in [6.45, 7) is -0.453. The minimum atomic E-state index is -4.35. The predicted octanol–water partition coefficient (Wildman–Crippen LogP) is 0.487. The number of nitrogens with zero attached hydrogens (tertiary/aromatic N) is 1. The number of aliphatic carboxylic acids is 1. The molecule has 8 nitrogen and oxygen atoms in total. The first kappa shape index (κ1) is 15.0. The average Bonchev–Trinajstić information content (AvgIpc) is 2.27. The second kappa shape index (κ2) is 5.71. The first-order valence-electron chi connectivity index (χ1n) is 4.90. The molecule has 10 heteroatoms. The maximum absolute atomic E-state index is 13.3. The van der Waals surface area contributed by atoms with Crippen LogP contribution in [0.5, 0.6) is 0 Å². The monoisotopic (exact) mass is 292 g/mol. The average molecular weight is 292 g/mol. The zero-order chi connectivity index (χ0) is 14.6.